The number of fused-ring (bicyclic) bond motifs is 1. The van der Waals surface area contributed by atoms with Crippen LogP contribution in [-0.2, 0) is 4.79 Å². The van der Waals surface area contributed by atoms with Gasteiger partial charge in [0.15, 0.2) is 6.10 Å². The van der Waals surface area contributed by atoms with Crippen LogP contribution < -0.4 is 4.74 Å². The molecule has 0 fully saturated rings. The number of nitrogens with zero attached hydrogens (tertiary/aromatic N) is 3. The number of aliphatic hydroxyl groups is 1. The Morgan fingerprint density at radius 1 is 1.10 bits per heavy atom. The molecule has 1 unspecified atom stereocenters. The fourth-order valence-corrected chi connectivity index (χ4v) is 3.40. The van der Waals surface area contributed by atoms with Gasteiger partial charge in [0.1, 0.15) is 11.4 Å². The molecule has 7 nitrogen and oxygen atoms in total. The van der Waals surface area contributed by atoms with Crippen LogP contribution in [0.2, 0.25) is 0 Å². The zero-order valence-corrected chi connectivity index (χ0v) is 17.0. The van der Waals surface area contributed by atoms with Crippen molar-refractivity contribution in [3.8, 4) is 28.0 Å². The number of benzene rings is 1. The number of hydrogen-bond donors (Lipinski definition) is 2. The predicted octanol–water partition coefficient (Wildman–Crippen LogP) is 3.42. The normalized spacial score (nSPS) is 12.0. The Labute approximate surface area is 174 Å². The van der Waals surface area contributed by atoms with Crippen molar-refractivity contribution in [3.05, 3.63) is 66.7 Å². The molecule has 3 aromatic heterocycles. The number of rotatable bonds is 5. The summed E-state index contributed by atoms with van der Waals surface area (Å²) in [6, 6.07) is 13.4. The molecule has 0 aliphatic rings. The van der Waals surface area contributed by atoms with Gasteiger partial charge in [0.2, 0.25) is 0 Å². The van der Waals surface area contributed by atoms with E-state index in [4.69, 9.17) is 4.74 Å². The number of hydrogen-bond acceptors (Lipinski definition) is 5. The lowest BCUT2D eigenvalue weighted by atomic mass is 10.0. The molecule has 1 amide bonds. The van der Waals surface area contributed by atoms with Gasteiger partial charge in [-0.05, 0) is 29.8 Å². The van der Waals surface area contributed by atoms with E-state index in [0.717, 1.165) is 39.0 Å². The molecule has 0 saturated carbocycles. The summed E-state index contributed by atoms with van der Waals surface area (Å²) in [6.45, 7) is 0. The molecule has 4 aromatic rings. The lowest BCUT2D eigenvalue weighted by Crippen LogP contribution is -2.28. The number of nitrogens with one attached hydrogen (secondary N) is 1. The minimum absolute atomic E-state index is 0.297. The van der Waals surface area contributed by atoms with E-state index < -0.39 is 12.0 Å². The van der Waals surface area contributed by atoms with Gasteiger partial charge in [-0.2, -0.15) is 0 Å². The van der Waals surface area contributed by atoms with Crippen LogP contribution in [0.5, 0.6) is 5.75 Å². The van der Waals surface area contributed by atoms with Crippen LogP contribution in [-0.4, -0.2) is 52.1 Å². The van der Waals surface area contributed by atoms with Crippen molar-refractivity contribution in [2.45, 2.75) is 6.10 Å². The van der Waals surface area contributed by atoms with Crippen molar-refractivity contribution in [2.24, 2.45) is 0 Å². The fourth-order valence-electron chi connectivity index (χ4n) is 3.40. The average Bonchev–Trinajstić information content (AvgIpc) is 3.21. The van der Waals surface area contributed by atoms with E-state index in [1.54, 1.807) is 39.7 Å². The van der Waals surface area contributed by atoms with E-state index in [9.17, 15) is 9.90 Å². The molecule has 0 bridgehead atoms. The summed E-state index contributed by atoms with van der Waals surface area (Å²) >= 11 is 0. The van der Waals surface area contributed by atoms with Crippen molar-refractivity contribution in [1.29, 1.82) is 0 Å². The molecule has 30 heavy (non-hydrogen) atoms. The smallest absolute Gasteiger partial charge is 0.257 e. The first-order chi connectivity index (χ1) is 14.5. The van der Waals surface area contributed by atoms with Gasteiger partial charge < -0.3 is 19.7 Å². The quantitative estimate of drug-likeness (QED) is 0.534. The van der Waals surface area contributed by atoms with Crippen LogP contribution in [0.4, 0.5) is 0 Å². The number of pyridine rings is 2. The van der Waals surface area contributed by atoms with Crippen molar-refractivity contribution in [2.75, 3.05) is 21.2 Å². The molecule has 0 radical (unpaired) electrons. The highest BCUT2D eigenvalue weighted by Crippen LogP contribution is 2.36. The molecule has 2 N–H and O–H groups in total. The zero-order chi connectivity index (χ0) is 21.3. The maximum absolute atomic E-state index is 12.1. The van der Waals surface area contributed by atoms with Gasteiger partial charge in [0.25, 0.3) is 5.91 Å². The molecule has 7 heteroatoms. The highest BCUT2D eigenvalue weighted by atomic mass is 16.5. The number of carbonyl (C=O) groups is 1. The standard InChI is InChI=1S/C23H22N4O3/c1-27(2)23(29)21(28)19-11-14(8-9-24-19)15-10-17-18(13-26-22(17)25-12-15)16-6-4-5-7-20(16)30-3/h4-13,21,28H,1-3H3,(H,25,26). The summed E-state index contributed by atoms with van der Waals surface area (Å²) in [5.41, 5.74) is 4.67. The van der Waals surface area contributed by atoms with E-state index in [0.29, 0.717) is 5.69 Å². The Hall–Kier alpha value is -3.71. The summed E-state index contributed by atoms with van der Waals surface area (Å²) < 4.78 is 5.51. The molecule has 152 valence electrons. The Kier molecular flexibility index (Phi) is 5.20. The van der Waals surface area contributed by atoms with Gasteiger partial charge in [-0.3, -0.25) is 9.78 Å². The Bertz CT molecular complexity index is 1220. The van der Waals surface area contributed by atoms with Crippen molar-refractivity contribution >= 4 is 16.9 Å². The summed E-state index contributed by atoms with van der Waals surface area (Å²) in [7, 11) is 4.84. The Balaban J connectivity index is 1.78. The second kappa shape index (κ2) is 7.96. The highest BCUT2D eigenvalue weighted by molar-refractivity contribution is 5.97. The fraction of sp³-hybridized carbons (Fsp3) is 0.174. The molecule has 0 aliphatic carbocycles. The van der Waals surface area contributed by atoms with Crippen molar-refractivity contribution < 1.29 is 14.6 Å². The summed E-state index contributed by atoms with van der Waals surface area (Å²) in [6.07, 6.45) is 3.94. The third-order valence-electron chi connectivity index (χ3n) is 5.00. The number of likely N-dealkylation sites (N-methyl/N-ethyl adjacent to an activating group) is 1. The first-order valence-electron chi connectivity index (χ1n) is 9.45. The van der Waals surface area contributed by atoms with Gasteiger partial charge >= 0.3 is 0 Å². The number of aromatic amines is 1. The second-order valence-corrected chi connectivity index (χ2v) is 7.13. The van der Waals surface area contributed by atoms with Crippen LogP contribution in [0, 0.1) is 0 Å². The minimum atomic E-state index is -1.31. The Morgan fingerprint density at radius 2 is 1.90 bits per heavy atom. The molecule has 4 rings (SSSR count). The maximum atomic E-state index is 12.1. The summed E-state index contributed by atoms with van der Waals surface area (Å²) in [4.78, 5) is 25.4. The number of carbonyl (C=O) groups excluding carboxylic acids is 1. The highest BCUT2D eigenvalue weighted by Gasteiger charge is 2.21. The van der Waals surface area contributed by atoms with E-state index in [2.05, 4.69) is 15.0 Å². The zero-order valence-electron chi connectivity index (χ0n) is 17.0. The number of aliphatic hydroxyl groups excluding tert-OH is 1. The van der Waals surface area contributed by atoms with Crippen LogP contribution in [0.15, 0.2) is 61.1 Å². The first-order valence-corrected chi connectivity index (χ1v) is 9.45. The predicted molar refractivity (Wildman–Crippen MR) is 115 cm³/mol. The topological polar surface area (TPSA) is 91.3 Å². The van der Waals surface area contributed by atoms with Crippen molar-refractivity contribution in [3.63, 3.8) is 0 Å². The van der Waals surface area contributed by atoms with Gasteiger partial charge in [-0.15, -0.1) is 0 Å². The number of methoxy groups -OCH3 is 1. The molecule has 0 aliphatic heterocycles. The van der Waals surface area contributed by atoms with Crippen LogP contribution in [0.1, 0.15) is 11.8 Å². The van der Waals surface area contributed by atoms with Crippen molar-refractivity contribution in [1.82, 2.24) is 19.9 Å². The maximum Gasteiger partial charge on any atom is 0.257 e. The lowest BCUT2D eigenvalue weighted by Gasteiger charge is -2.16. The van der Waals surface area contributed by atoms with E-state index in [1.165, 1.54) is 4.90 Å². The molecule has 3 heterocycles. The first kappa shape index (κ1) is 19.6. The Morgan fingerprint density at radius 3 is 2.67 bits per heavy atom. The summed E-state index contributed by atoms with van der Waals surface area (Å²) in [5.74, 6) is 0.359. The number of ether oxygens (including phenoxy) is 1. The van der Waals surface area contributed by atoms with Gasteiger partial charge in [0, 0.05) is 54.8 Å². The van der Waals surface area contributed by atoms with Crippen LogP contribution in [0.3, 0.4) is 0 Å². The third-order valence-corrected chi connectivity index (χ3v) is 5.00. The van der Waals surface area contributed by atoms with Gasteiger partial charge in [0.05, 0.1) is 12.8 Å². The number of amides is 1. The van der Waals surface area contributed by atoms with Gasteiger partial charge in [-0.25, -0.2) is 4.98 Å². The number of para-hydroxylation sites is 1. The monoisotopic (exact) mass is 402 g/mol. The molecule has 1 aromatic carbocycles. The van der Waals surface area contributed by atoms with E-state index in [1.807, 2.05) is 42.6 Å². The van der Waals surface area contributed by atoms with E-state index >= 15 is 0 Å². The third kappa shape index (κ3) is 3.51. The largest absolute Gasteiger partial charge is 0.496 e. The number of H-pyrrole nitrogens is 1. The molecule has 0 spiro atoms. The minimum Gasteiger partial charge on any atom is -0.496 e. The summed E-state index contributed by atoms with van der Waals surface area (Å²) in [5, 5.41) is 11.3. The molecular weight excluding hydrogens is 380 g/mol. The SMILES string of the molecule is COc1ccccc1-c1c[nH]c2ncc(-c3ccnc(C(O)C(=O)N(C)C)c3)cc12. The second-order valence-electron chi connectivity index (χ2n) is 7.13. The average molecular weight is 402 g/mol. The molecule has 0 saturated heterocycles. The molecular formula is C23H22N4O3. The van der Waals surface area contributed by atoms with Gasteiger partial charge in [-0.1, -0.05) is 18.2 Å². The van der Waals surface area contributed by atoms with E-state index in [-0.39, 0.29) is 0 Å². The van der Waals surface area contributed by atoms with Crippen LogP contribution in [0.25, 0.3) is 33.3 Å². The lowest BCUT2D eigenvalue weighted by molar-refractivity contribution is -0.138. The van der Waals surface area contributed by atoms with Crippen LogP contribution >= 0.6 is 0 Å². The number of aromatic nitrogens is 3. The molecule has 1 atom stereocenters.